The van der Waals surface area contributed by atoms with Gasteiger partial charge in [0.05, 0.1) is 36.1 Å². The van der Waals surface area contributed by atoms with E-state index in [9.17, 15) is 9.59 Å². The van der Waals surface area contributed by atoms with Gasteiger partial charge in [0.15, 0.2) is 5.13 Å². The Hall–Kier alpha value is -2.52. The number of aromatic nitrogens is 1. The molecule has 1 fully saturated rings. The standard InChI is InChI=1S/C23H24ClN3O4S/c1-30-22(29)17-5-3-16(4-6-17)21(28)27(10-2-9-26-11-13-31-14-12-26)23-25-19-8-7-18(24)15-20(19)32-23/h3-8,15H,2,9-14H2,1H3. The second-order valence-corrected chi connectivity index (χ2v) is 8.89. The van der Waals surface area contributed by atoms with Crippen molar-refractivity contribution in [3.8, 4) is 0 Å². The summed E-state index contributed by atoms with van der Waals surface area (Å²) in [5.74, 6) is -0.594. The van der Waals surface area contributed by atoms with Crippen LogP contribution in [0.2, 0.25) is 5.02 Å². The maximum Gasteiger partial charge on any atom is 0.337 e. The topological polar surface area (TPSA) is 72.0 Å². The zero-order valence-corrected chi connectivity index (χ0v) is 19.3. The van der Waals surface area contributed by atoms with E-state index in [4.69, 9.17) is 21.1 Å². The van der Waals surface area contributed by atoms with Crippen LogP contribution >= 0.6 is 22.9 Å². The van der Waals surface area contributed by atoms with Crippen LogP contribution in [0.4, 0.5) is 5.13 Å². The van der Waals surface area contributed by atoms with Gasteiger partial charge >= 0.3 is 5.97 Å². The van der Waals surface area contributed by atoms with Crippen LogP contribution in [0.1, 0.15) is 27.1 Å². The highest BCUT2D eigenvalue weighted by Gasteiger charge is 2.22. The summed E-state index contributed by atoms with van der Waals surface area (Å²) >= 11 is 7.57. The molecule has 0 spiro atoms. The van der Waals surface area contributed by atoms with Crippen molar-refractivity contribution in [2.75, 3.05) is 51.4 Å². The zero-order chi connectivity index (χ0) is 22.5. The van der Waals surface area contributed by atoms with Crippen molar-refractivity contribution in [3.05, 3.63) is 58.6 Å². The van der Waals surface area contributed by atoms with Crippen molar-refractivity contribution in [1.82, 2.24) is 9.88 Å². The lowest BCUT2D eigenvalue weighted by Crippen LogP contribution is -2.39. The first-order chi connectivity index (χ1) is 15.5. The highest BCUT2D eigenvalue weighted by molar-refractivity contribution is 7.22. The average Bonchev–Trinajstić information content (AvgIpc) is 3.24. The van der Waals surface area contributed by atoms with Crippen LogP contribution in [0.25, 0.3) is 10.2 Å². The van der Waals surface area contributed by atoms with Crippen molar-refractivity contribution < 1.29 is 19.1 Å². The number of thiazole rings is 1. The van der Waals surface area contributed by atoms with Crippen LogP contribution in [0, 0.1) is 0 Å². The first-order valence-corrected chi connectivity index (χ1v) is 11.6. The molecule has 1 aliphatic heterocycles. The lowest BCUT2D eigenvalue weighted by atomic mass is 10.1. The van der Waals surface area contributed by atoms with Crippen LogP contribution in [0.3, 0.4) is 0 Å². The number of ether oxygens (including phenoxy) is 2. The third-order valence-corrected chi connectivity index (χ3v) is 6.60. The van der Waals surface area contributed by atoms with Gasteiger partial charge in [-0.2, -0.15) is 0 Å². The number of carbonyl (C=O) groups excluding carboxylic acids is 2. The molecule has 2 aromatic carbocycles. The summed E-state index contributed by atoms with van der Waals surface area (Å²) in [6, 6.07) is 12.0. The fourth-order valence-electron chi connectivity index (χ4n) is 3.59. The molecule has 1 amide bonds. The van der Waals surface area contributed by atoms with Crippen molar-refractivity contribution in [3.63, 3.8) is 0 Å². The first kappa shape index (κ1) is 22.7. The lowest BCUT2D eigenvalue weighted by molar-refractivity contribution is 0.0376. The molecule has 4 rings (SSSR count). The number of benzene rings is 2. The Balaban J connectivity index is 1.56. The number of morpholine rings is 1. The van der Waals surface area contributed by atoms with E-state index in [0.717, 1.165) is 49.5 Å². The Morgan fingerprint density at radius 1 is 1.16 bits per heavy atom. The van der Waals surface area contributed by atoms with Gasteiger partial charge < -0.3 is 9.47 Å². The third kappa shape index (κ3) is 5.27. The minimum Gasteiger partial charge on any atom is -0.465 e. The summed E-state index contributed by atoms with van der Waals surface area (Å²) in [5.41, 5.74) is 1.69. The predicted octanol–water partition coefficient (Wildman–Crippen LogP) is 4.11. The van der Waals surface area contributed by atoms with E-state index >= 15 is 0 Å². The Kier molecular flexibility index (Phi) is 7.36. The molecule has 9 heteroatoms. The SMILES string of the molecule is COC(=O)c1ccc(C(=O)N(CCCN2CCOCC2)c2nc3ccc(Cl)cc3s2)cc1. The highest BCUT2D eigenvalue weighted by atomic mass is 35.5. The van der Waals surface area contributed by atoms with Gasteiger partial charge in [-0.15, -0.1) is 0 Å². The Morgan fingerprint density at radius 2 is 1.88 bits per heavy atom. The maximum atomic E-state index is 13.4. The quantitative estimate of drug-likeness (QED) is 0.481. The molecular formula is C23H24ClN3O4S. The highest BCUT2D eigenvalue weighted by Crippen LogP contribution is 2.31. The van der Waals surface area contributed by atoms with Gasteiger partial charge in [0, 0.05) is 36.8 Å². The molecule has 0 radical (unpaired) electrons. The molecule has 0 N–H and O–H groups in total. The van der Waals surface area contributed by atoms with Crippen molar-refractivity contribution in [1.29, 1.82) is 0 Å². The third-order valence-electron chi connectivity index (χ3n) is 5.33. The minimum absolute atomic E-state index is 0.159. The normalized spacial score (nSPS) is 14.4. The van der Waals surface area contributed by atoms with Gasteiger partial charge in [-0.1, -0.05) is 22.9 Å². The largest absolute Gasteiger partial charge is 0.465 e. The molecule has 0 atom stereocenters. The second kappa shape index (κ2) is 10.4. The number of carbonyl (C=O) groups is 2. The molecular weight excluding hydrogens is 450 g/mol. The molecule has 3 aromatic rings. The molecule has 1 aromatic heterocycles. The summed E-state index contributed by atoms with van der Waals surface area (Å²) in [6.07, 6.45) is 0.808. The number of fused-ring (bicyclic) bond motifs is 1. The lowest BCUT2D eigenvalue weighted by Gasteiger charge is -2.27. The number of anilines is 1. The smallest absolute Gasteiger partial charge is 0.337 e. The van der Waals surface area contributed by atoms with Crippen LogP contribution < -0.4 is 4.90 Å². The number of halogens is 1. The minimum atomic E-state index is -0.436. The Morgan fingerprint density at radius 3 is 2.59 bits per heavy atom. The van der Waals surface area contributed by atoms with Gasteiger partial charge in [0.2, 0.25) is 0 Å². The fraction of sp³-hybridized carbons (Fsp3) is 0.348. The molecule has 7 nitrogen and oxygen atoms in total. The number of rotatable bonds is 7. The number of hydrogen-bond acceptors (Lipinski definition) is 7. The first-order valence-electron chi connectivity index (χ1n) is 10.4. The van der Waals surface area contributed by atoms with Gasteiger partial charge in [-0.3, -0.25) is 14.6 Å². The van der Waals surface area contributed by atoms with E-state index in [1.807, 2.05) is 12.1 Å². The molecule has 32 heavy (non-hydrogen) atoms. The van der Waals surface area contributed by atoms with Crippen LogP contribution in [-0.2, 0) is 9.47 Å². The number of nitrogens with zero attached hydrogens (tertiary/aromatic N) is 3. The molecule has 1 aliphatic rings. The van der Waals surface area contributed by atoms with Crippen LogP contribution in [0.5, 0.6) is 0 Å². The molecule has 2 heterocycles. The van der Waals surface area contributed by atoms with E-state index < -0.39 is 5.97 Å². The van der Waals surface area contributed by atoms with E-state index in [1.54, 1.807) is 35.2 Å². The second-order valence-electron chi connectivity index (χ2n) is 7.44. The molecule has 0 saturated carbocycles. The molecule has 0 unspecified atom stereocenters. The maximum absolute atomic E-state index is 13.4. The average molecular weight is 474 g/mol. The van der Waals surface area contributed by atoms with Crippen molar-refractivity contribution in [2.45, 2.75) is 6.42 Å². The number of esters is 1. The summed E-state index contributed by atoms with van der Waals surface area (Å²) < 4.78 is 11.1. The van der Waals surface area contributed by atoms with Crippen molar-refractivity contribution in [2.24, 2.45) is 0 Å². The molecule has 168 valence electrons. The van der Waals surface area contributed by atoms with Crippen LogP contribution in [0.15, 0.2) is 42.5 Å². The zero-order valence-electron chi connectivity index (χ0n) is 17.8. The fourth-order valence-corrected chi connectivity index (χ4v) is 4.85. The predicted molar refractivity (Wildman–Crippen MR) is 126 cm³/mol. The molecule has 0 bridgehead atoms. The van der Waals surface area contributed by atoms with Gasteiger partial charge in [0.25, 0.3) is 5.91 Å². The van der Waals surface area contributed by atoms with E-state index in [1.165, 1.54) is 18.4 Å². The van der Waals surface area contributed by atoms with Gasteiger partial charge in [-0.05, 0) is 48.9 Å². The number of methoxy groups -OCH3 is 1. The summed E-state index contributed by atoms with van der Waals surface area (Å²) in [4.78, 5) is 33.9. The van der Waals surface area contributed by atoms with E-state index in [-0.39, 0.29) is 5.91 Å². The summed E-state index contributed by atoms with van der Waals surface area (Å²) in [5, 5.41) is 1.27. The Bertz CT molecular complexity index is 1100. The number of amides is 1. The summed E-state index contributed by atoms with van der Waals surface area (Å²) in [6.45, 7) is 4.71. The van der Waals surface area contributed by atoms with Gasteiger partial charge in [0.1, 0.15) is 0 Å². The summed E-state index contributed by atoms with van der Waals surface area (Å²) in [7, 11) is 1.33. The van der Waals surface area contributed by atoms with Gasteiger partial charge in [-0.25, -0.2) is 9.78 Å². The Labute approximate surface area is 195 Å². The van der Waals surface area contributed by atoms with Crippen LogP contribution in [-0.4, -0.2) is 68.3 Å². The molecule has 1 saturated heterocycles. The molecule has 0 aliphatic carbocycles. The van der Waals surface area contributed by atoms with Crippen molar-refractivity contribution >= 4 is 50.2 Å². The van der Waals surface area contributed by atoms with E-state index in [2.05, 4.69) is 9.88 Å². The van der Waals surface area contributed by atoms with E-state index in [0.29, 0.717) is 27.8 Å². The monoisotopic (exact) mass is 473 g/mol. The number of hydrogen-bond donors (Lipinski definition) is 0.